The Morgan fingerprint density at radius 2 is 1.79 bits per heavy atom. The van der Waals surface area contributed by atoms with E-state index in [9.17, 15) is 0 Å². The second-order valence-electron chi connectivity index (χ2n) is 5.36. The third-order valence-corrected chi connectivity index (χ3v) is 3.61. The monoisotopic (exact) mass is 265 g/mol. The lowest BCUT2D eigenvalue weighted by atomic mass is 9.93. The van der Waals surface area contributed by atoms with Crippen molar-refractivity contribution in [3.8, 4) is 11.8 Å². The smallest absolute Gasteiger partial charge is 0.220 e. The van der Waals surface area contributed by atoms with Crippen LogP contribution in [-0.4, -0.2) is 29.2 Å². The normalized spacial score (nSPS) is 18.7. The summed E-state index contributed by atoms with van der Waals surface area (Å²) in [6, 6.07) is 1.70. The van der Waals surface area contributed by atoms with Crippen LogP contribution in [0.2, 0.25) is 0 Å². The summed E-state index contributed by atoms with van der Waals surface area (Å²) in [6.07, 6.45) is 6.97. The van der Waals surface area contributed by atoms with Crippen molar-refractivity contribution >= 4 is 0 Å². The number of nitrogens with two attached hydrogens (primary N) is 1. The molecule has 0 amide bonds. The summed E-state index contributed by atoms with van der Waals surface area (Å²) in [5.74, 6) is 1.70. The number of hydrogen-bond donors (Lipinski definition) is 1. The van der Waals surface area contributed by atoms with Crippen LogP contribution in [0.25, 0.3) is 0 Å². The molecule has 19 heavy (non-hydrogen) atoms. The van der Waals surface area contributed by atoms with Crippen LogP contribution >= 0.6 is 0 Å². The molecule has 0 bridgehead atoms. The fourth-order valence-corrected chi connectivity index (χ4v) is 2.49. The van der Waals surface area contributed by atoms with Crippen molar-refractivity contribution < 1.29 is 9.47 Å². The van der Waals surface area contributed by atoms with Gasteiger partial charge in [0.15, 0.2) is 0 Å². The average molecular weight is 265 g/mol. The van der Waals surface area contributed by atoms with Crippen molar-refractivity contribution in [3.63, 3.8) is 0 Å². The van der Waals surface area contributed by atoms with E-state index in [4.69, 9.17) is 15.2 Å². The van der Waals surface area contributed by atoms with Gasteiger partial charge >= 0.3 is 0 Å². The van der Waals surface area contributed by atoms with Gasteiger partial charge in [-0.1, -0.05) is 25.7 Å². The lowest BCUT2D eigenvalue weighted by Gasteiger charge is -2.27. The second-order valence-corrected chi connectivity index (χ2v) is 5.36. The largest absolute Gasteiger partial charge is 0.481 e. The van der Waals surface area contributed by atoms with Gasteiger partial charge in [0.25, 0.3) is 0 Å². The van der Waals surface area contributed by atoms with Crippen molar-refractivity contribution in [2.75, 3.05) is 13.7 Å². The van der Waals surface area contributed by atoms with Crippen molar-refractivity contribution in [3.05, 3.63) is 11.9 Å². The minimum atomic E-state index is -0.220. The summed E-state index contributed by atoms with van der Waals surface area (Å²) in [6.45, 7) is 2.33. The number of nitrogens with zero attached hydrogens (tertiary/aromatic N) is 2. The lowest BCUT2D eigenvalue weighted by molar-refractivity contribution is 0.192. The van der Waals surface area contributed by atoms with Gasteiger partial charge in [0, 0.05) is 0 Å². The summed E-state index contributed by atoms with van der Waals surface area (Å²) in [5.41, 5.74) is 6.20. The summed E-state index contributed by atoms with van der Waals surface area (Å²) < 4.78 is 10.9. The van der Waals surface area contributed by atoms with Crippen LogP contribution in [0.3, 0.4) is 0 Å². The Bertz CT molecular complexity index is 415. The van der Waals surface area contributed by atoms with Gasteiger partial charge in [0.1, 0.15) is 12.4 Å². The molecule has 0 aliphatic heterocycles. The molecule has 2 rings (SSSR count). The van der Waals surface area contributed by atoms with E-state index in [1.54, 1.807) is 13.2 Å². The van der Waals surface area contributed by atoms with Gasteiger partial charge in [-0.3, -0.25) is 0 Å². The zero-order valence-electron chi connectivity index (χ0n) is 11.8. The Morgan fingerprint density at radius 1 is 1.16 bits per heavy atom. The molecular formula is C14H23N3O2. The van der Waals surface area contributed by atoms with E-state index < -0.39 is 0 Å². The van der Waals surface area contributed by atoms with E-state index in [1.165, 1.54) is 25.7 Å². The standard InChI is InChI=1S/C14H23N3O2/c1-11-16-12(18-2)9-13(17-11)19-10-14(15)7-5-3-4-6-8-14/h9H,3-8,10,15H2,1-2H3. The molecule has 0 unspecified atom stereocenters. The number of ether oxygens (including phenoxy) is 2. The minimum Gasteiger partial charge on any atom is -0.481 e. The molecule has 1 heterocycles. The Hall–Kier alpha value is -1.36. The molecule has 5 nitrogen and oxygen atoms in total. The first-order valence-corrected chi connectivity index (χ1v) is 6.93. The number of rotatable bonds is 4. The maximum Gasteiger partial charge on any atom is 0.220 e. The van der Waals surface area contributed by atoms with E-state index in [1.807, 2.05) is 6.92 Å². The maximum absolute atomic E-state index is 6.42. The summed E-state index contributed by atoms with van der Waals surface area (Å²) >= 11 is 0. The molecule has 106 valence electrons. The molecule has 0 aromatic carbocycles. The van der Waals surface area contributed by atoms with Crippen LogP contribution in [-0.2, 0) is 0 Å². The summed E-state index contributed by atoms with van der Waals surface area (Å²) in [7, 11) is 1.58. The number of hydrogen-bond acceptors (Lipinski definition) is 5. The van der Waals surface area contributed by atoms with Crippen LogP contribution in [0.15, 0.2) is 6.07 Å². The van der Waals surface area contributed by atoms with Crippen LogP contribution in [0.5, 0.6) is 11.8 Å². The Morgan fingerprint density at radius 3 is 2.42 bits per heavy atom. The number of aromatic nitrogens is 2. The molecule has 0 spiro atoms. The van der Waals surface area contributed by atoms with Crippen LogP contribution < -0.4 is 15.2 Å². The molecule has 0 saturated heterocycles. The summed E-state index contributed by atoms with van der Waals surface area (Å²) in [4.78, 5) is 8.39. The fraction of sp³-hybridized carbons (Fsp3) is 0.714. The van der Waals surface area contributed by atoms with Crippen molar-refractivity contribution in [1.29, 1.82) is 0 Å². The van der Waals surface area contributed by atoms with Crippen molar-refractivity contribution in [1.82, 2.24) is 9.97 Å². The van der Waals surface area contributed by atoms with Crippen LogP contribution in [0.1, 0.15) is 44.3 Å². The summed E-state index contributed by atoms with van der Waals surface area (Å²) in [5, 5.41) is 0. The Labute approximate surface area is 114 Å². The van der Waals surface area contributed by atoms with Gasteiger partial charge in [0.2, 0.25) is 11.8 Å². The third-order valence-electron chi connectivity index (χ3n) is 3.61. The highest BCUT2D eigenvalue weighted by Crippen LogP contribution is 2.26. The Kier molecular flexibility index (Phi) is 4.58. The highest BCUT2D eigenvalue weighted by molar-refractivity contribution is 5.20. The van der Waals surface area contributed by atoms with Gasteiger partial charge < -0.3 is 15.2 Å². The molecule has 1 aromatic heterocycles. The number of methoxy groups -OCH3 is 1. The predicted molar refractivity (Wildman–Crippen MR) is 73.4 cm³/mol. The van der Waals surface area contributed by atoms with E-state index in [2.05, 4.69) is 9.97 Å². The molecule has 2 N–H and O–H groups in total. The third kappa shape index (κ3) is 4.06. The van der Waals surface area contributed by atoms with E-state index >= 15 is 0 Å². The molecule has 1 fully saturated rings. The van der Waals surface area contributed by atoms with Crippen molar-refractivity contribution in [2.45, 2.75) is 51.0 Å². The molecule has 1 aromatic rings. The van der Waals surface area contributed by atoms with Gasteiger partial charge in [-0.15, -0.1) is 0 Å². The van der Waals surface area contributed by atoms with E-state index in [-0.39, 0.29) is 5.54 Å². The number of aryl methyl sites for hydroxylation is 1. The highest BCUT2D eigenvalue weighted by atomic mass is 16.5. The van der Waals surface area contributed by atoms with E-state index in [0.29, 0.717) is 24.2 Å². The first kappa shape index (κ1) is 14.1. The quantitative estimate of drug-likeness (QED) is 0.845. The topological polar surface area (TPSA) is 70.3 Å². The Balaban J connectivity index is 1.99. The molecule has 0 atom stereocenters. The lowest BCUT2D eigenvalue weighted by Crippen LogP contribution is -2.45. The van der Waals surface area contributed by atoms with Gasteiger partial charge in [-0.25, -0.2) is 0 Å². The zero-order chi connectivity index (χ0) is 13.7. The minimum absolute atomic E-state index is 0.220. The van der Waals surface area contributed by atoms with Crippen LogP contribution in [0, 0.1) is 6.92 Å². The SMILES string of the molecule is COc1cc(OCC2(N)CCCCCC2)nc(C)n1. The maximum atomic E-state index is 6.42. The van der Waals surface area contributed by atoms with Gasteiger partial charge in [-0.05, 0) is 19.8 Å². The predicted octanol–water partition coefficient (Wildman–Crippen LogP) is 2.22. The van der Waals surface area contributed by atoms with Crippen LogP contribution in [0.4, 0.5) is 0 Å². The van der Waals surface area contributed by atoms with Crippen molar-refractivity contribution in [2.24, 2.45) is 5.73 Å². The first-order valence-electron chi connectivity index (χ1n) is 6.93. The van der Waals surface area contributed by atoms with E-state index in [0.717, 1.165) is 12.8 Å². The molecule has 1 aliphatic carbocycles. The molecule has 1 aliphatic rings. The highest BCUT2D eigenvalue weighted by Gasteiger charge is 2.27. The first-order chi connectivity index (χ1) is 9.11. The molecular weight excluding hydrogens is 242 g/mol. The molecule has 1 saturated carbocycles. The fourth-order valence-electron chi connectivity index (χ4n) is 2.49. The zero-order valence-corrected chi connectivity index (χ0v) is 11.8. The van der Waals surface area contributed by atoms with Gasteiger partial charge in [0.05, 0.1) is 18.7 Å². The second kappa shape index (κ2) is 6.19. The molecule has 0 radical (unpaired) electrons. The molecule has 5 heteroatoms. The van der Waals surface area contributed by atoms with Gasteiger partial charge in [-0.2, -0.15) is 9.97 Å². The average Bonchev–Trinajstić information content (AvgIpc) is 2.61.